The lowest BCUT2D eigenvalue weighted by atomic mass is 9.78. The maximum Gasteiger partial charge on any atom is 0.312 e. The van der Waals surface area contributed by atoms with E-state index in [4.69, 9.17) is 47.3 Å². The summed E-state index contributed by atoms with van der Waals surface area (Å²) in [5, 5.41) is 116. The Kier molecular flexibility index (Phi) is 29.8. The number of esters is 2. The Morgan fingerprint density at radius 2 is 1.09 bits per heavy atom. The summed E-state index contributed by atoms with van der Waals surface area (Å²) in [6, 6.07) is 3.16. The fourth-order valence-electron chi connectivity index (χ4n) is 17.7. The van der Waals surface area contributed by atoms with E-state index < -0.39 is 177 Å². The van der Waals surface area contributed by atoms with Crippen LogP contribution >= 0.6 is 0 Å². The fraction of sp³-hybridized carbons (Fsp3) is 0.521. The summed E-state index contributed by atoms with van der Waals surface area (Å²) in [7, 11) is 4.87. The zero-order valence-electron chi connectivity index (χ0n) is 75.9. The van der Waals surface area contributed by atoms with Gasteiger partial charge in [0.15, 0.2) is 28.2 Å². The second-order valence-electron chi connectivity index (χ2n) is 35.3. The van der Waals surface area contributed by atoms with Crippen LogP contribution in [-0.4, -0.2) is 242 Å². The maximum atomic E-state index is 14.9. The molecule has 0 radical (unpaired) electrons. The molecule has 0 unspecified atom stereocenters. The molecule has 0 saturated carbocycles. The molecule has 0 aliphatic carbocycles. The molecule has 0 spiro atoms. The first-order chi connectivity index (χ1) is 59.8. The van der Waals surface area contributed by atoms with Crippen LogP contribution in [0, 0.1) is 67.1 Å². The summed E-state index contributed by atoms with van der Waals surface area (Å²) in [5.41, 5.74) is -1.70. The van der Waals surface area contributed by atoms with Crippen molar-refractivity contribution in [1.29, 1.82) is 0 Å². The predicted molar refractivity (Wildman–Crippen MR) is 479 cm³/mol. The number of rotatable bonds is 9. The van der Waals surface area contributed by atoms with E-state index in [0.717, 1.165) is 32.7 Å². The van der Waals surface area contributed by atoms with Crippen molar-refractivity contribution in [2.75, 3.05) is 95.7 Å². The molecule has 2 amide bonds. The van der Waals surface area contributed by atoms with Gasteiger partial charge in [-0.1, -0.05) is 106 Å². The van der Waals surface area contributed by atoms with Crippen molar-refractivity contribution in [3.8, 4) is 34.5 Å². The third-order valence-corrected chi connectivity index (χ3v) is 25.6. The Morgan fingerprint density at radius 1 is 0.591 bits per heavy atom. The maximum absolute atomic E-state index is 14.9. The highest BCUT2D eigenvalue weighted by Crippen LogP contribution is 2.56. The first kappa shape index (κ1) is 96.5. The Morgan fingerprint density at radius 3 is 1.60 bits per heavy atom. The number of carbonyl (C=O) groups excluding carboxylic acids is 5. The number of hydrogen-bond acceptors (Lipinski definition) is 31. The summed E-state index contributed by atoms with van der Waals surface area (Å²) >= 11 is 0. The highest BCUT2D eigenvalue weighted by atomic mass is 16.7. The van der Waals surface area contributed by atoms with Crippen molar-refractivity contribution in [1.82, 2.24) is 19.8 Å². The van der Waals surface area contributed by atoms with Crippen LogP contribution in [0.15, 0.2) is 104 Å². The normalized spacial score (nSPS) is 30.7. The van der Waals surface area contributed by atoms with E-state index in [1.807, 2.05) is 7.05 Å². The molecular weight excluding hydrogens is 1640 g/mol. The molecule has 11 N–H and O–H groups in total. The van der Waals surface area contributed by atoms with E-state index in [0.29, 0.717) is 37.8 Å². The summed E-state index contributed by atoms with van der Waals surface area (Å²) in [6.45, 7) is 35.9. The Hall–Kier alpha value is -11.2. The van der Waals surface area contributed by atoms with Crippen LogP contribution in [0.1, 0.15) is 138 Å². The lowest BCUT2D eigenvalue weighted by Crippen LogP contribution is -2.47. The number of nitrogens with zero attached hydrogens (tertiary/aromatic N) is 6. The molecule has 6 aromatic rings. The van der Waals surface area contributed by atoms with E-state index in [1.165, 1.54) is 119 Å². The van der Waals surface area contributed by atoms with Crippen LogP contribution in [0.25, 0.3) is 49.5 Å². The zero-order chi connectivity index (χ0) is 93.3. The Balaban J connectivity index is 0.000000249. The van der Waals surface area contributed by atoms with Crippen molar-refractivity contribution in [3.05, 3.63) is 132 Å². The van der Waals surface area contributed by atoms with Gasteiger partial charge in [0.25, 0.3) is 17.6 Å². The van der Waals surface area contributed by atoms with Gasteiger partial charge < -0.3 is 109 Å². The highest BCUT2D eigenvalue weighted by molar-refractivity contribution is 6.24. The number of phenols is 4. The number of fused-ring (bicyclic) bond motifs is 16. The van der Waals surface area contributed by atoms with E-state index >= 15 is 0 Å². The van der Waals surface area contributed by atoms with Gasteiger partial charge in [-0.05, 0) is 52.8 Å². The van der Waals surface area contributed by atoms with Gasteiger partial charge in [0.2, 0.25) is 10.9 Å². The standard InChI is InChI=1S/C51H64N4O13.C43H58N4O12/c1-24(2)23-54-16-18-55(19-17-54)32-21-33(57)39-35(22-32)67-48-40(52-39)36-37-44(60)30(8)47-38(36)49(62)51(10,68-47)65-20-15-34(64-11)27(5)46(66-31(9)56)29(7)43(59)28(6)42(58)25(3)13-12-14-26(4)50(63)53-41(48)45(37)61;1-21-12-11-13-22(2)42(55)45-33-28(20-44-47-17-15-46(9)16-18-47)37(52)30-31(38(33)53)36(51)26(6)40-32(30)41(54)43(8,59-40)57-19-14-29(56-10)23(3)39(58-27(7)48)25(5)35(50)24(4)34(21)49/h12-15,20-22,24-25,27-29,34,42-43,46,58-60,62H,16-19,23H2,1-11H3,(H,53,63);11-14,19-21,23-25,29,34-35,39,49-53H,15-18H2,1-10H3,(H,45,55)/b13-12+,20-15+,26-14-;12-11+,19-14+,22-13-,44-20+/t25-,27+,28+,29+,34-,42-,43+,46+,51-;21-,23+,24+,25+,29-,34-,35+,39+,43-/m00/s1. The second kappa shape index (κ2) is 39.2. The number of aromatic hydroxyl groups is 4. The number of hydrogen-bond donors (Lipinski definition) is 11. The number of ketones is 1. The van der Waals surface area contributed by atoms with Gasteiger partial charge in [0.05, 0.1) is 88.2 Å². The predicted octanol–water partition coefficient (Wildman–Crippen LogP) is 9.67. The summed E-state index contributed by atoms with van der Waals surface area (Å²) in [6.07, 6.45) is 8.43. The fourth-order valence-corrected chi connectivity index (χ4v) is 17.7. The summed E-state index contributed by atoms with van der Waals surface area (Å²) < 4.78 is 54.1. The molecule has 9 bridgehead atoms. The zero-order valence-corrected chi connectivity index (χ0v) is 75.9. The van der Waals surface area contributed by atoms with Gasteiger partial charge in [-0.2, -0.15) is 5.10 Å². The number of Topliss-reactive ketones (excluding diaryl/α,β-unsaturated/α-hetero) is 1. The van der Waals surface area contributed by atoms with Crippen molar-refractivity contribution in [3.63, 3.8) is 0 Å². The molecule has 5 aromatic carbocycles. The molecule has 8 heterocycles. The number of piperazine rings is 2. The number of methoxy groups -OCH3 is 2. The average molecular weight is 1760 g/mol. The largest absolute Gasteiger partial charge is 0.507 e. The molecule has 7 aliphatic rings. The quantitative estimate of drug-likeness (QED) is 0.0160. The van der Waals surface area contributed by atoms with Crippen molar-refractivity contribution >= 4 is 102 Å². The first-order valence-corrected chi connectivity index (χ1v) is 43.0. The van der Waals surface area contributed by atoms with E-state index in [-0.39, 0.29) is 105 Å². The number of allylic oxidation sites excluding steroid dienone is 4. The Bertz CT molecular complexity index is 5650. The van der Waals surface area contributed by atoms with Crippen LogP contribution in [0.3, 0.4) is 0 Å². The minimum atomic E-state index is -2.04. The molecule has 127 heavy (non-hydrogen) atoms. The van der Waals surface area contributed by atoms with Gasteiger partial charge >= 0.3 is 23.5 Å². The van der Waals surface area contributed by atoms with Crippen LogP contribution in [0.5, 0.6) is 34.5 Å². The first-order valence-electron chi connectivity index (χ1n) is 43.0. The number of phenolic OH excluding ortho intramolecular Hbond substituents is 4. The molecular formula is C94H122N8O25. The molecule has 2 fully saturated rings. The molecule has 688 valence electrons. The van der Waals surface area contributed by atoms with E-state index in [2.05, 4.69) is 44.3 Å². The van der Waals surface area contributed by atoms with E-state index in [9.17, 15) is 79.5 Å². The number of carbonyl (C=O) groups is 5. The van der Waals surface area contributed by atoms with Crippen LogP contribution in [0.4, 0.5) is 17.1 Å². The van der Waals surface area contributed by atoms with Gasteiger partial charge in [0, 0.05) is 199 Å². The summed E-state index contributed by atoms with van der Waals surface area (Å²) in [4.78, 5) is 107. The SMILES string of the molecule is CO[C@H]1/C=C/O[C@@]2(C)Oc3c(C)c(O)c4c(=O)c(c5oc6cc(N7CCN(CC(C)C)CC7)cc(=O)c6nc5c4c3=C2O)NC(=O)/C(C)=C\C=C\[C@H](C)[C@H](O)[C@@H](C)[C@@H](O)[C@@H](C)[C@H](OC(C)=O)[C@@H]1C.CO[C@H]1/C=C/O[C@@]2(C)Oc3c(C)c(O)c4c(O)c(c(/C=N/N5CCN(C)CC5)c(O)c4c3C2=O)NC(=O)/C(C)=C\C=C\[C@H](C)[C@H](O)[C@@H](C)[C@@H](O)[C@@H](C)[C@H](OC(C)=O)[C@@H]1C. The van der Waals surface area contributed by atoms with Crippen LogP contribution in [-0.2, 0) is 47.6 Å². The minimum Gasteiger partial charge on any atom is -0.507 e. The number of aromatic nitrogens is 1. The molecule has 7 aliphatic heterocycles. The minimum absolute atomic E-state index is 0.0390. The number of aliphatic hydroxyl groups is 5. The molecule has 33 nitrogen and oxygen atoms in total. The number of aliphatic hydroxyl groups excluding tert-OH is 5. The lowest BCUT2D eigenvalue weighted by Gasteiger charge is -2.38. The molecule has 18 atom stereocenters. The van der Waals surface area contributed by atoms with Gasteiger partial charge in [-0.3, -0.25) is 43.5 Å². The smallest absolute Gasteiger partial charge is 0.312 e. The number of hydrazone groups is 1. The van der Waals surface area contributed by atoms with Crippen LogP contribution in [0.2, 0.25) is 0 Å². The lowest BCUT2D eigenvalue weighted by molar-refractivity contribution is -0.161. The monoisotopic (exact) mass is 1760 g/mol. The molecule has 33 heteroatoms. The second-order valence-corrected chi connectivity index (χ2v) is 35.3. The number of amides is 2. The Labute approximate surface area is 736 Å². The van der Waals surface area contributed by atoms with Gasteiger partial charge in [-0.15, -0.1) is 0 Å². The van der Waals surface area contributed by atoms with Gasteiger partial charge in [0.1, 0.15) is 52.2 Å². The third kappa shape index (κ3) is 19.5. The van der Waals surface area contributed by atoms with E-state index in [1.54, 1.807) is 90.8 Å². The number of likely N-dealkylation sites (N-methyl/N-ethyl adjacent to an activating group) is 1. The average Bonchev–Trinajstić information content (AvgIpc) is 1.63. The van der Waals surface area contributed by atoms with Crippen LogP contribution < -0.4 is 41.1 Å². The number of anilines is 3. The van der Waals surface area contributed by atoms with Gasteiger partial charge in [-0.25, -0.2) is 4.98 Å². The number of benzene rings is 5. The molecule has 1 aromatic heterocycles. The molecule has 13 rings (SSSR count). The van der Waals surface area contributed by atoms with Crippen molar-refractivity contribution in [2.45, 2.75) is 185 Å². The third-order valence-electron chi connectivity index (χ3n) is 25.6. The number of nitrogens with one attached hydrogen (secondary N) is 2. The van der Waals surface area contributed by atoms with Crippen molar-refractivity contribution < 1.29 is 112 Å². The number of ether oxygens (including phenoxy) is 8. The topological polar surface area (TPSA) is 451 Å². The highest BCUT2D eigenvalue weighted by Gasteiger charge is 2.51. The molecule has 2 saturated heterocycles. The summed E-state index contributed by atoms with van der Waals surface area (Å²) in [5.74, 6) is -14.8. The van der Waals surface area contributed by atoms with Crippen molar-refractivity contribution in [2.24, 2.45) is 58.4 Å².